The number of Topliss-reactive ketones (excluding diaryl/α,β-unsaturated/α-hetero) is 1. The van der Waals surface area contributed by atoms with E-state index in [0.717, 1.165) is 36.7 Å². The molecule has 0 unspecified atom stereocenters. The van der Waals surface area contributed by atoms with Crippen LogP contribution >= 0.6 is 0 Å². The van der Waals surface area contributed by atoms with Crippen molar-refractivity contribution in [3.8, 4) is 17.9 Å². The molecule has 0 amide bonds. The molecule has 16 heteroatoms. The number of aromatic nitrogens is 4. The lowest BCUT2D eigenvalue weighted by molar-refractivity contribution is -0.140. The highest BCUT2D eigenvalue weighted by atomic mass is 19.4. The summed E-state index contributed by atoms with van der Waals surface area (Å²) < 4.78 is 85.0. The third kappa shape index (κ3) is 7.79. The molecule has 0 saturated carbocycles. The summed E-state index contributed by atoms with van der Waals surface area (Å²) in [5.41, 5.74) is 7.64. The first-order valence-corrected chi connectivity index (χ1v) is 18.5. The van der Waals surface area contributed by atoms with E-state index < -0.39 is 29.5 Å². The van der Waals surface area contributed by atoms with Gasteiger partial charge >= 0.3 is 12.2 Å². The smallest absolute Gasteiger partial charge is 0.417 e. The average molecular weight is 769 g/mol. The molecular formula is C39H45F5N8O3. The third-order valence-electron chi connectivity index (χ3n) is 11.1. The lowest BCUT2D eigenvalue weighted by Gasteiger charge is -2.33. The molecular weight excluding hydrogens is 723 g/mol. The number of ketones is 1. The summed E-state index contributed by atoms with van der Waals surface area (Å²) in [6, 6.07) is 2.55. The van der Waals surface area contributed by atoms with E-state index in [4.69, 9.17) is 25.2 Å². The number of halogens is 5. The van der Waals surface area contributed by atoms with Gasteiger partial charge in [0.05, 0.1) is 48.3 Å². The molecule has 0 bridgehead atoms. The zero-order chi connectivity index (χ0) is 39.2. The average Bonchev–Trinajstić information content (AvgIpc) is 3.69. The molecule has 4 aliphatic heterocycles. The van der Waals surface area contributed by atoms with E-state index >= 15 is 0 Å². The maximum absolute atomic E-state index is 14.6. The molecule has 0 aliphatic carbocycles. The van der Waals surface area contributed by atoms with Crippen molar-refractivity contribution in [3.63, 3.8) is 0 Å². The molecule has 1 aromatic carbocycles. The highest BCUT2D eigenvalue weighted by Gasteiger charge is 2.49. The fourth-order valence-corrected chi connectivity index (χ4v) is 8.75. The second kappa shape index (κ2) is 15.2. The summed E-state index contributed by atoms with van der Waals surface area (Å²) in [5, 5.41) is 4.69. The van der Waals surface area contributed by atoms with Crippen LogP contribution in [0.5, 0.6) is 6.01 Å². The minimum Gasteiger partial charge on any atom is -0.461 e. The van der Waals surface area contributed by atoms with E-state index in [9.17, 15) is 26.7 Å². The van der Waals surface area contributed by atoms with Crippen molar-refractivity contribution >= 4 is 17.3 Å². The van der Waals surface area contributed by atoms with Crippen molar-refractivity contribution in [2.45, 2.75) is 83.5 Å². The fourth-order valence-electron chi connectivity index (χ4n) is 8.75. The summed E-state index contributed by atoms with van der Waals surface area (Å²) in [5.74, 6) is 5.23. The van der Waals surface area contributed by atoms with Crippen molar-refractivity contribution in [1.29, 1.82) is 0 Å². The Bertz CT molecular complexity index is 2070. The van der Waals surface area contributed by atoms with E-state index in [1.54, 1.807) is 4.90 Å². The predicted octanol–water partition coefficient (Wildman–Crippen LogP) is 5.94. The largest absolute Gasteiger partial charge is 0.461 e. The molecule has 2 N–H and O–H groups in total. The van der Waals surface area contributed by atoms with E-state index in [2.05, 4.69) is 26.7 Å². The van der Waals surface area contributed by atoms with Crippen LogP contribution in [-0.2, 0) is 37.0 Å². The molecule has 0 radical (unpaired) electrons. The van der Waals surface area contributed by atoms with E-state index in [1.165, 1.54) is 19.1 Å². The van der Waals surface area contributed by atoms with Crippen molar-refractivity contribution in [2.24, 2.45) is 5.92 Å². The van der Waals surface area contributed by atoms with Crippen molar-refractivity contribution < 1.29 is 36.2 Å². The lowest BCUT2D eigenvalue weighted by Crippen LogP contribution is -2.43. The molecule has 2 saturated heterocycles. The maximum atomic E-state index is 14.6. The van der Waals surface area contributed by atoms with Crippen LogP contribution in [0.25, 0.3) is 0 Å². The number of carbonyl (C=O) groups excluding carboxylic acids is 1. The van der Waals surface area contributed by atoms with Gasteiger partial charge in [-0.2, -0.15) is 37.0 Å². The van der Waals surface area contributed by atoms with Gasteiger partial charge in [0.25, 0.3) is 6.08 Å². The molecule has 3 aromatic rings. The number of hydrogen-bond donors (Lipinski definition) is 1. The molecule has 4 aliphatic rings. The summed E-state index contributed by atoms with van der Waals surface area (Å²) in [6.07, 6.45) is -3.66. The van der Waals surface area contributed by atoms with Crippen LogP contribution in [0, 0.1) is 24.7 Å². The number of hydrogen-bond acceptors (Lipinski definition) is 10. The Morgan fingerprint density at radius 1 is 1.18 bits per heavy atom. The van der Waals surface area contributed by atoms with Gasteiger partial charge in [-0.25, -0.2) is 0 Å². The Morgan fingerprint density at radius 3 is 2.71 bits per heavy atom. The van der Waals surface area contributed by atoms with Crippen LogP contribution in [-0.4, -0.2) is 87.8 Å². The van der Waals surface area contributed by atoms with Gasteiger partial charge in [-0.05, 0) is 89.9 Å². The number of aryl methyl sites for hydroxylation is 1. The van der Waals surface area contributed by atoms with Gasteiger partial charge in [0.15, 0.2) is 5.78 Å². The molecule has 3 atom stereocenters. The molecule has 0 spiro atoms. The second-order valence-corrected chi connectivity index (χ2v) is 15.2. The number of benzene rings is 1. The van der Waals surface area contributed by atoms with Gasteiger partial charge in [-0.15, -0.1) is 5.92 Å². The highest BCUT2D eigenvalue weighted by Crippen LogP contribution is 2.45. The number of alkyl halides is 3. The first-order chi connectivity index (χ1) is 26.2. The first kappa shape index (κ1) is 38.7. The third-order valence-corrected chi connectivity index (χ3v) is 11.1. The summed E-state index contributed by atoms with van der Waals surface area (Å²) in [7, 11) is 3.65. The topological polar surface area (TPSA) is 115 Å². The fraction of sp³-hybridized carbons (Fsp3) is 0.538. The number of nitrogens with two attached hydrogens (primary N) is 1. The van der Waals surface area contributed by atoms with Crippen LogP contribution < -0.4 is 15.4 Å². The molecule has 6 heterocycles. The monoisotopic (exact) mass is 768 g/mol. The van der Waals surface area contributed by atoms with Crippen molar-refractivity contribution in [1.82, 2.24) is 29.5 Å². The molecule has 2 fully saturated rings. The summed E-state index contributed by atoms with van der Waals surface area (Å²) in [4.78, 5) is 28.9. The lowest BCUT2D eigenvalue weighted by atomic mass is 9.91. The Morgan fingerprint density at radius 2 is 1.98 bits per heavy atom. The van der Waals surface area contributed by atoms with Crippen LogP contribution in [0.1, 0.15) is 88.4 Å². The SMILES string of the molecule is CC#Cc1cc(N)cc([C@H]2Cc3nc(OC[C@]45CCCN4C[C@@H](C=C(F)F)C5)nc(N4CCCn5nc(C(=O)CN(C)C)c(C)c5C4)c3CO2)c1C(F)(F)F. The van der Waals surface area contributed by atoms with E-state index in [1.807, 2.05) is 25.7 Å². The molecule has 7 rings (SSSR count). The number of carbonyl (C=O) groups is 1. The maximum Gasteiger partial charge on any atom is 0.417 e. The van der Waals surface area contributed by atoms with E-state index in [-0.39, 0.29) is 60.7 Å². The van der Waals surface area contributed by atoms with Crippen LogP contribution in [0.2, 0.25) is 0 Å². The Kier molecular flexibility index (Phi) is 10.7. The van der Waals surface area contributed by atoms with Gasteiger partial charge in [0, 0.05) is 48.4 Å². The van der Waals surface area contributed by atoms with E-state index in [0.29, 0.717) is 61.8 Å². The number of ether oxygens (including phenoxy) is 2. The normalized spacial score (nSPS) is 22.4. The zero-order valence-corrected chi connectivity index (χ0v) is 31.4. The minimum atomic E-state index is -4.73. The minimum absolute atomic E-state index is 0.0271. The van der Waals surface area contributed by atoms with Gasteiger partial charge in [0.2, 0.25) is 0 Å². The molecule has 294 valence electrons. The van der Waals surface area contributed by atoms with Gasteiger partial charge in [-0.1, -0.05) is 5.92 Å². The van der Waals surface area contributed by atoms with Gasteiger partial charge in [0.1, 0.15) is 18.1 Å². The van der Waals surface area contributed by atoms with Crippen molar-refractivity contribution in [3.05, 3.63) is 69.2 Å². The Balaban J connectivity index is 1.27. The number of rotatable bonds is 9. The molecule has 11 nitrogen and oxygen atoms in total. The zero-order valence-electron chi connectivity index (χ0n) is 31.4. The van der Waals surface area contributed by atoms with Gasteiger partial charge < -0.3 is 25.0 Å². The second-order valence-electron chi connectivity index (χ2n) is 15.2. The Hall–Kier alpha value is -4.59. The van der Waals surface area contributed by atoms with Crippen LogP contribution in [0.3, 0.4) is 0 Å². The number of anilines is 2. The van der Waals surface area contributed by atoms with Gasteiger partial charge in [-0.3, -0.25) is 14.4 Å². The summed E-state index contributed by atoms with van der Waals surface area (Å²) in [6.45, 7) is 6.40. The number of likely N-dealkylation sites (N-methyl/N-ethyl adjacent to an activating group) is 1. The number of nitrogen functional groups attached to an aromatic ring is 1. The van der Waals surface area contributed by atoms with Crippen molar-refractivity contribution in [2.75, 3.05) is 57.5 Å². The predicted molar refractivity (Wildman–Crippen MR) is 195 cm³/mol. The number of nitrogens with zero attached hydrogens (tertiary/aromatic N) is 7. The quantitative estimate of drug-likeness (QED) is 0.122. The first-order valence-electron chi connectivity index (χ1n) is 18.5. The van der Waals surface area contributed by atoms with Crippen LogP contribution in [0.4, 0.5) is 33.5 Å². The highest BCUT2D eigenvalue weighted by molar-refractivity contribution is 5.97. The number of fused-ring (bicyclic) bond motifs is 3. The Labute approximate surface area is 316 Å². The standard InChI is InChI=1S/C39H45F5N8O3/c1-5-8-25-14-26(45)15-27(34(25)39(42,43)44)32-16-29-28(21-54-32)36(50-10-7-12-52-30(19-50)23(2)35(48-52)31(53)20-49(3)4)47-37(46-29)55-22-38-9-6-11-51(38)18-24(17-38)13-33(40)41/h13-15,24,32H,6-7,9-12,16-22,45H2,1-4H3/t24-,32+,38+/m0/s1. The van der Waals surface area contributed by atoms with Crippen LogP contribution in [0.15, 0.2) is 24.3 Å². The molecule has 2 aromatic heterocycles. The molecule has 55 heavy (non-hydrogen) atoms. The summed E-state index contributed by atoms with van der Waals surface area (Å²) >= 11 is 0.